The Hall–Kier alpha value is -6.43. The zero-order chi connectivity index (χ0) is 47.2. The number of ketones is 1. The molecule has 1 amide bonds. The average molecular weight is 895 g/mol. The number of rotatable bonds is 11. The molecule has 2 bridgehead atoms. The van der Waals surface area contributed by atoms with Crippen molar-refractivity contribution in [2.24, 2.45) is 21.9 Å². The molecule has 342 valence electrons. The number of nitrogens with one attached hydrogen (secondary N) is 1. The van der Waals surface area contributed by atoms with Crippen LogP contribution in [0.1, 0.15) is 86.7 Å². The third-order valence-electron chi connectivity index (χ3n) is 13.7. The number of benzene rings is 3. The summed E-state index contributed by atoms with van der Waals surface area (Å²) in [7, 11) is 0. The number of fused-ring (bicyclic) bond motifs is 5. The maximum atomic E-state index is 15.5. The van der Waals surface area contributed by atoms with Crippen LogP contribution >= 0.6 is 0 Å². The molecule has 11 atom stereocenters. The minimum Gasteiger partial charge on any atom is -0.456 e. The summed E-state index contributed by atoms with van der Waals surface area (Å²) < 4.78 is 30.3. The molecular weight excluding hydrogens is 845 g/mol. The van der Waals surface area contributed by atoms with Gasteiger partial charge in [0, 0.05) is 48.3 Å². The second kappa shape index (κ2) is 17.5. The highest BCUT2D eigenvalue weighted by Gasteiger charge is 2.78. The molecule has 3 aromatic carbocycles. The fourth-order valence-corrected chi connectivity index (χ4v) is 10.3. The first-order valence-electron chi connectivity index (χ1n) is 21.0. The van der Waals surface area contributed by atoms with Crippen molar-refractivity contribution >= 4 is 41.3 Å². The third-order valence-corrected chi connectivity index (χ3v) is 13.7. The number of carbonyl (C=O) groups is 6. The van der Waals surface area contributed by atoms with E-state index >= 15 is 4.79 Å². The average Bonchev–Trinajstić information content (AvgIpc) is 3.26. The molecule has 18 heteroatoms. The van der Waals surface area contributed by atoms with Gasteiger partial charge in [-0.05, 0) is 60.4 Å². The highest BCUT2D eigenvalue weighted by molar-refractivity contribution is 5.96. The van der Waals surface area contributed by atoms with E-state index in [4.69, 9.17) is 29.2 Å². The van der Waals surface area contributed by atoms with E-state index in [9.17, 15) is 39.3 Å². The summed E-state index contributed by atoms with van der Waals surface area (Å²) in [6.45, 7) is 7.85. The predicted molar refractivity (Wildman–Crippen MR) is 226 cm³/mol. The number of azide groups is 1. The van der Waals surface area contributed by atoms with E-state index in [1.807, 2.05) is 0 Å². The predicted octanol–water partition coefficient (Wildman–Crippen LogP) is 4.68. The molecule has 0 aromatic heterocycles. The smallest absolute Gasteiger partial charge is 0.338 e. The highest BCUT2D eigenvalue weighted by Crippen LogP contribution is 2.64. The van der Waals surface area contributed by atoms with Gasteiger partial charge in [-0.3, -0.25) is 19.2 Å². The minimum absolute atomic E-state index is 0.0306. The fraction of sp³-hybridized carbons (Fsp3) is 0.447. The summed E-state index contributed by atoms with van der Waals surface area (Å²) in [4.78, 5) is 86.5. The van der Waals surface area contributed by atoms with Crippen molar-refractivity contribution in [3.63, 3.8) is 0 Å². The molecule has 0 unspecified atom stereocenters. The van der Waals surface area contributed by atoms with Crippen LogP contribution in [-0.2, 0) is 42.9 Å². The quantitative estimate of drug-likeness (QED) is 0.0509. The van der Waals surface area contributed by atoms with Crippen molar-refractivity contribution < 1.29 is 67.8 Å². The second-order valence-corrected chi connectivity index (χ2v) is 17.7. The van der Waals surface area contributed by atoms with Crippen LogP contribution in [-0.4, -0.2) is 105 Å². The van der Waals surface area contributed by atoms with Crippen molar-refractivity contribution in [2.75, 3.05) is 6.61 Å². The molecule has 18 nitrogen and oxygen atoms in total. The number of esters is 4. The van der Waals surface area contributed by atoms with Gasteiger partial charge in [0.15, 0.2) is 23.6 Å². The maximum absolute atomic E-state index is 15.5. The third kappa shape index (κ3) is 7.95. The Kier molecular flexibility index (Phi) is 12.5. The summed E-state index contributed by atoms with van der Waals surface area (Å²) in [6, 6.07) is 20.0. The van der Waals surface area contributed by atoms with Crippen LogP contribution in [0.2, 0.25) is 0 Å². The number of Topliss-reactive ketones (excluding diaryl/α,β-unsaturated/α-hetero) is 1. The Bertz CT molecular complexity index is 2470. The molecule has 1 heterocycles. The van der Waals surface area contributed by atoms with Gasteiger partial charge in [-0.25, -0.2) is 9.59 Å². The van der Waals surface area contributed by atoms with Crippen molar-refractivity contribution in [2.45, 2.75) is 108 Å². The van der Waals surface area contributed by atoms with Gasteiger partial charge >= 0.3 is 23.9 Å². The Balaban J connectivity index is 1.36. The van der Waals surface area contributed by atoms with Crippen LogP contribution in [0.15, 0.2) is 101 Å². The number of aliphatic hydroxyl groups excluding tert-OH is 2. The zero-order valence-electron chi connectivity index (χ0n) is 36.5. The molecule has 65 heavy (non-hydrogen) atoms. The molecule has 0 radical (unpaired) electrons. The first kappa shape index (κ1) is 46.6. The van der Waals surface area contributed by atoms with Crippen molar-refractivity contribution in [1.29, 1.82) is 0 Å². The lowest BCUT2D eigenvalue weighted by Gasteiger charge is -2.67. The normalized spacial score (nSPS) is 30.8. The number of nitrogens with zero attached hydrogens (tertiary/aromatic N) is 3. The van der Waals surface area contributed by atoms with Gasteiger partial charge in [0.05, 0.1) is 35.6 Å². The van der Waals surface area contributed by atoms with E-state index in [0.29, 0.717) is 5.56 Å². The number of hydrogen-bond acceptors (Lipinski definition) is 15. The van der Waals surface area contributed by atoms with E-state index in [1.54, 1.807) is 62.4 Å². The van der Waals surface area contributed by atoms with Gasteiger partial charge < -0.3 is 44.3 Å². The molecule has 4 aliphatic rings. The molecule has 3 fully saturated rings. The Labute approximate surface area is 373 Å². The fourth-order valence-electron chi connectivity index (χ4n) is 10.3. The number of hydrogen-bond donors (Lipinski definition) is 4. The molecule has 0 spiro atoms. The largest absolute Gasteiger partial charge is 0.456 e. The van der Waals surface area contributed by atoms with Gasteiger partial charge in [0.2, 0.25) is 0 Å². The Morgan fingerprint density at radius 3 is 2.09 bits per heavy atom. The minimum atomic E-state index is -2.42. The molecule has 1 aliphatic heterocycles. The van der Waals surface area contributed by atoms with Crippen LogP contribution in [0.25, 0.3) is 10.4 Å². The second-order valence-electron chi connectivity index (χ2n) is 17.7. The molecule has 7 rings (SSSR count). The lowest BCUT2D eigenvalue weighted by molar-refractivity contribution is -0.346. The number of carbonyl (C=O) groups excluding carboxylic acids is 6. The monoisotopic (exact) mass is 894 g/mol. The van der Waals surface area contributed by atoms with E-state index in [-0.39, 0.29) is 41.0 Å². The first-order chi connectivity index (χ1) is 30.7. The molecule has 3 aliphatic carbocycles. The van der Waals surface area contributed by atoms with Crippen LogP contribution < -0.4 is 5.32 Å². The lowest BCUT2D eigenvalue weighted by Crippen LogP contribution is -2.82. The molecule has 3 aromatic rings. The van der Waals surface area contributed by atoms with Gasteiger partial charge in [-0.2, -0.15) is 0 Å². The van der Waals surface area contributed by atoms with E-state index in [0.717, 1.165) is 13.8 Å². The van der Waals surface area contributed by atoms with Crippen LogP contribution in [0.3, 0.4) is 0 Å². The van der Waals surface area contributed by atoms with Crippen molar-refractivity contribution in [1.82, 2.24) is 5.32 Å². The molecule has 1 saturated heterocycles. The number of amides is 1. The summed E-state index contributed by atoms with van der Waals surface area (Å²) in [5, 5.41) is 43.8. The van der Waals surface area contributed by atoms with Crippen LogP contribution in [0.5, 0.6) is 0 Å². The van der Waals surface area contributed by atoms with Gasteiger partial charge in [0.25, 0.3) is 5.91 Å². The number of aliphatic hydroxyl groups is 3. The summed E-state index contributed by atoms with van der Waals surface area (Å²) >= 11 is 0. The maximum Gasteiger partial charge on any atom is 0.338 e. The van der Waals surface area contributed by atoms with Crippen LogP contribution in [0, 0.1) is 16.7 Å². The zero-order valence-corrected chi connectivity index (χ0v) is 36.5. The van der Waals surface area contributed by atoms with Crippen molar-refractivity contribution in [3.05, 3.63) is 123 Å². The van der Waals surface area contributed by atoms with E-state index < -0.39 is 113 Å². The Morgan fingerprint density at radius 1 is 0.892 bits per heavy atom. The first-order valence-corrected chi connectivity index (χ1v) is 21.0. The number of ether oxygens (including phenoxy) is 5. The summed E-state index contributed by atoms with van der Waals surface area (Å²) in [5.41, 5.74) is 1.60. The molecular formula is C47H50N4O14. The summed E-state index contributed by atoms with van der Waals surface area (Å²) in [6.07, 6.45) is -10.8. The molecule has 4 N–H and O–H groups in total. The van der Waals surface area contributed by atoms with E-state index in [2.05, 4.69) is 15.3 Å². The van der Waals surface area contributed by atoms with Gasteiger partial charge in [0.1, 0.15) is 23.9 Å². The SMILES string of the molecule is CC(=O)O[C@H]1C(=O)[C@@]2(C)[C@H]([C@H](OC(=O)c3ccccc3)[C@]3(O)C[C@H](OC(=O)[C@H](O)[C@@H](NC(=O)c4ccc(N=[N+]=[N-])cc4)c4ccccc4)C(C)=C1C3(C)C)[C@]1(OC(C)=O)CO[C@@H]1C[C@@H]2O. The van der Waals surface area contributed by atoms with Crippen molar-refractivity contribution in [3.8, 4) is 0 Å². The summed E-state index contributed by atoms with van der Waals surface area (Å²) in [5.74, 6) is -7.11. The standard InChI is InChI=1S/C47H50N4O14/c1-24-31(63-43(59)36(55)35(27-13-9-7-10-14-27)49-41(57)28-17-19-30(20-18-28)50-51-48)22-47(60)40(64-42(58)29-15-11-8-12-16-29)38-45(6,32(54)21-33-46(38,23-61-33)65-26(3)53)39(56)37(62-25(2)52)34(24)44(47,4)5/h7-20,31-33,35-38,40,54-55,60H,21-23H2,1-6H3,(H,49,57)/t31-,32-,33+,35-,36+,37+,38-,40-,45+,46-,47+/m0/s1. The highest BCUT2D eigenvalue weighted by atomic mass is 16.6. The van der Waals surface area contributed by atoms with Crippen LogP contribution in [0.4, 0.5) is 5.69 Å². The van der Waals surface area contributed by atoms with Gasteiger partial charge in [-0.15, -0.1) is 0 Å². The molecule has 2 saturated carbocycles. The topological polar surface area (TPSA) is 270 Å². The van der Waals surface area contributed by atoms with E-state index in [1.165, 1.54) is 50.2 Å². The van der Waals surface area contributed by atoms with Gasteiger partial charge in [-0.1, -0.05) is 79.6 Å². The Morgan fingerprint density at radius 2 is 1.52 bits per heavy atom. The lowest BCUT2D eigenvalue weighted by atomic mass is 9.44.